The number of hydrogen-bond donors (Lipinski definition) is 1. The maximum Gasteiger partial charge on any atom is 0.264 e. The van der Waals surface area contributed by atoms with E-state index in [9.17, 15) is 18.0 Å². The van der Waals surface area contributed by atoms with Gasteiger partial charge in [0.1, 0.15) is 12.6 Å². The minimum absolute atomic E-state index is 0.0192. The third-order valence-corrected chi connectivity index (χ3v) is 8.54. The molecule has 12 heteroatoms. The molecule has 7 nitrogen and oxygen atoms in total. The molecule has 0 aliphatic rings. The van der Waals surface area contributed by atoms with Gasteiger partial charge < -0.3 is 10.2 Å². The van der Waals surface area contributed by atoms with Crippen molar-refractivity contribution in [2.45, 2.75) is 24.4 Å². The van der Waals surface area contributed by atoms with Crippen LogP contribution < -0.4 is 9.62 Å². The van der Waals surface area contributed by atoms with Crippen molar-refractivity contribution in [3.63, 3.8) is 0 Å². The van der Waals surface area contributed by atoms with E-state index in [4.69, 9.17) is 46.4 Å². The number of amides is 2. The van der Waals surface area contributed by atoms with Gasteiger partial charge in [0.25, 0.3) is 10.0 Å². The molecule has 0 bridgehead atoms. The molecule has 1 N–H and O–H groups in total. The number of rotatable bonds is 9. The van der Waals surface area contributed by atoms with E-state index in [1.807, 2.05) is 0 Å². The van der Waals surface area contributed by atoms with E-state index in [2.05, 4.69) is 5.32 Å². The van der Waals surface area contributed by atoms with E-state index in [1.165, 1.54) is 48.3 Å². The molecule has 37 heavy (non-hydrogen) atoms. The highest BCUT2D eigenvalue weighted by Crippen LogP contribution is 2.28. The van der Waals surface area contributed by atoms with Gasteiger partial charge in [-0.05, 0) is 67.1 Å². The summed E-state index contributed by atoms with van der Waals surface area (Å²) in [4.78, 5) is 27.4. The molecule has 3 aromatic carbocycles. The number of anilines is 1. The molecule has 0 fully saturated rings. The molecule has 0 saturated heterocycles. The first kappa shape index (κ1) is 29.1. The molecule has 0 unspecified atom stereocenters. The molecule has 0 heterocycles. The molecule has 0 saturated carbocycles. The standard InChI is InChI=1S/C25H23Cl4N3O4S/c1-16(25(34)30-2)31(14-17-6-11-22(28)23(29)12-17)24(33)15-32(20-5-3-4-19(27)13-20)37(35,36)21-9-7-18(26)8-10-21/h3-13,16H,14-15H2,1-2H3,(H,30,34)/t16-/m0/s1. The summed E-state index contributed by atoms with van der Waals surface area (Å²) in [7, 11) is -2.78. The first-order valence-electron chi connectivity index (χ1n) is 10.9. The highest BCUT2D eigenvalue weighted by molar-refractivity contribution is 7.92. The number of halogens is 4. The summed E-state index contributed by atoms with van der Waals surface area (Å²) in [6.45, 7) is 0.925. The molecule has 3 rings (SSSR count). The number of carbonyl (C=O) groups is 2. The summed E-state index contributed by atoms with van der Waals surface area (Å²) < 4.78 is 28.3. The third kappa shape index (κ3) is 7.09. The molecular weight excluding hydrogens is 580 g/mol. The van der Waals surface area contributed by atoms with E-state index in [0.29, 0.717) is 15.6 Å². The molecule has 1 atom stereocenters. The fourth-order valence-electron chi connectivity index (χ4n) is 3.52. The van der Waals surface area contributed by atoms with Crippen molar-refractivity contribution in [2.75, 3.05) is 17.9 Å². The normalized spacial score (nSPS) is 12.1. The Labute approximate surface area is 235 Å². The number of likely N-dealkylation sites (N-methyl/N-ethyl adjacent to an activating group) is 1. The first-order chi connectivity index (χ1) is 17.4. The summed E-state index contributed by atoms with van der Waals surface area (Å²) >= 11 is 24.2. The van der Waals surface area contributed by atoms with Crippen molar-refractivity contribution < 1.29 is 18.0 Å². The van der Waals surface area contributed by atoms with E-state index in [1.54, 1.807) is 37.3 Å². The molecule has 196 valence electrons. The number of benzene rings is 3. The minimum atomic E-state index is -4.22. The van der Waals surface area contributed by atoms with Gasteiger partial charge in [-0.15, -0.1) is 0 Å². The van der Waals surface area contributed by atoms with Crippen LogP contribution in [0.3, 0.4) is 0 Å². The van der Waals surface area contributed by atoms with Crippen LogP contribution in [0.2, 0.25) is 20.1 Å². The van der Waals surface area contributed by atoms with Gasteiger partial charge in [-0.2, -0.15) is 0 Å². The van der Waals surface area contributed by atoms with Crippen LogP contribution >= 0.6 is 46.4 Å². The lowest BCUT2D eigenvalue weighted by molar-refractivity contribution is -0.139. The summed E-state index contributed by atoms with van der Waals surface area (Å²) in [5, 5.41) is 3.78. The second kappa shape index (κ2) is 12.4. The predicted octanol–water partition coefficient (Wildman–Crippen LogP) is 5.66. The van der Waals surface area contributed by atoms with Gasteiger partial charge in [0.05, 0.1) is 20.6 Å². The van der Waals surface area contributed by atoms with Gasteiger partial charge in [-0.1, -0.05) is 58.5 Å². The number of nitrogens with zero attached hydrogens (tertiary/aromatic N) is 2. The van der Waals surface area contributed by atoms with E-state index >= 15 is 0 Å². The zero-order valence-corrected chi connectivity index (χ0v) is 23.6. The van der Waals surface area contributed by atoms with E-state index < -0.39 is 34.4 Å². The Morgan fingerprint density at radius 1 is 0.892 bits per heavy atom. The number of hydrogen-bond acceptors (Lipinski definition) is 4. The van der Waals surface area contributed by atoms with Crippen LogP contribution in [0, 0.1) is 0 Å². The molecule has 0 aliphatic carbocycles. The monoisotopic (exact) mass is 601 g/mol. The third-order valence-electron chi connectivity index (χ3n) is 5.53. The predicted molar refractivity (Wildman–Crippen MR) is 148 cm³/mol. The van der Waals surface area contributed by atoms with Crippen molar-refractivity contribution >= 4 is 73.9 Å². The average molecular weight is 603 g/mol. The van der Waals surface area contributed by atoms with Crippen LogP contribution in [0.1, 0.15) is 12.5 Å². The lowest BCUT2D eigenvalue weighted by Crippen LogP contribution is -2.50. The second-order valence-corrected chi connectivity index (χ2v) is 11.6. The van der Waals surface area contributed by atoms with Crippen LogP contribution in [-0.4, -0.2) is 44.8 Å². The van der Waals surface area contributed by atoms with E-state index in [0.717, 1.165) is 4.31 Å². The second-order valence-electron chi connectivity index (χ2n) is 8.01. The fourth-order valence-corrected chi connectivity index (χ4v) is 5.56. The molecule has 0 aliphatic heterocycles. The van der Waals surface area contributed by atoms with Crippen molar-refractivity contribution in [3.8, 4) is 0 Å². The molecule has 3 aromatic rings. The zero-order chi connectivity index (χ0) is 27.3. The van der Waals surface area contributed by atoms with Gasteiger partial charge in [-0.3, -0.25) is 13.9 Å². The largest absolute Gasteiger partial charge is 0.357 e. The van der Waals surface area contributed by atoms with E-state index in [-0.39, 0.29) is 27.2 Å². The Hall–Kier alpha value is -2.49. The molecular formula is C25H23Cl4N3O4S. The van der Waals surface area contributed by atoms with Gasteiger partial charge in [0.2, 0.25) is 11.8 Å². The van der Waals surface area contributed by atoms with Crippen LogP contribution in [0.4, 0.5) is 5.69 Å². The molecule has 0 spiro atoms. The van der Waals surface area contributed by atoms with Gasteiger partial charge in [0, 0.05) is 23.6 Å². The summed E-state index contributed by atoms with van der Waals surface area (Å²) in [5.41, 5.74) is 0.784. The smallest absolute Gasteiger partial charge is 0.264 e. The zero-order valence-electron chi connectivity index (χ0n) is 19.8. The van der Waals surface area contributed by atoms with Crippen molar-refractivity contribution in [2.24, 2.45) is 0 Å². The lowest BCUT2D eigenvalue weighted by atomic mass is 10.1. The van der Waals surface area contributed by atoms with Crippen LogP contribution in [0.5, 0.6) is 0 Å². The van der Waals surface area contributed by atoms with Gasteiger partial charge >= 0.3 is 0 Å². The van der Waals surface area contributed by atoms with Crippen LogP contribution in [-0.2, 0) is 26.2 Å². The van der Waals surface area contributed by atoms with Crippen molar-refractivity contribution in [1.82, 2.24) is 10.2 Å². The summed E-state index contributed by atoms with van der Waals surface area (Å²) in [6.07, 6.45) is 0. The first-order valence-corrected chi connectivity index (χ1v) is 13.9. The summed E-state index contributed by atoms with van der Waals surface area (Å²) in [6, 6.07) is 15.6. The summed E-state index contributed by atoms with van der Waals surface area (Å²) in [5.74, 6) is -1.05. The minimum Gasteiger partial charge on any atom is -0.357 e. The Balaban J connectivity index is 2.04. The SMILES string of the molecule is CNC(=O)[C@H](C)N(Cc1ccc(Cl)c(Cl)c1)C(=O)CN(c1cccc(Cl)c1)S(=O)(=O)c1ccc(Cl)cc1. The lowest BCUT2D eigenvalue weighted by Gasteiger charge is -2.32. The Kier molecular flexibility index (Phi) is 9.72. The van der Waals surface area contributed by atoms with Crippen molar-refractivity contribution in [3.05, 3.63) is 92.4 Å². The average Bonchev–Trinajstić information content (AvgIpc) is 2.87. The molecule has 2 amide bonds. The quantitative estimate of drug-likeness (QED) is 0.342. The van der Waals surface area contributed by atoms with Gasteiger partial charge in [0.15, 0.2) is 0 Å². The number of nitrogens with one attached hydrogen (secondary N) is 1. The Morgan fingerprint density at radius 2 is 1.57 bits per heavy atom. The highest BCUT2D eigenvalue weighted by atomic mass is 35.5. The van der Waals surface area contributed by atoms with Gasteiger partial charge in [-0.25, -0.2) is 8.42 Å². The maximum absolute atomic E-state index is 13.7. The van der Waals surface area contributed by atoms with Crippen LogP contribution in [0.15, 0.2) is 71.6 Å². The van der Waals surface area contributed by atoms with Crippen molar-refractivity contribution in [1.29, 1.82) is 0 Å². The Bertz CT molecular complexity index is 1400. The maximum atomic E-state index is 13.7. The fraction of sp³-hybridized carbons (Fsp3) is 0.200. The number of carbonyl (C=O) groups excluding carboxylic acids is 2. The van der Waals surface area contributed by atoms with Crippen LogP contribution in [0.25, 0.3) is 0 Å². The number of sulfonamides is 1. The molecule has 0 radical (unpaired) electrons. The Morgan fingerprint density at radius 3 is 2.16 bits per heavy atom. The topological polar surface area (TPSA) is 86.8 Å². The molecule has 0 aromatic heterocycles. The highest BCUT2D eigenvalue weighted by Gasteiger charge is 2.32.